The Balaban J connectivity index is 0.00000240. The molecule has 30 heavy (non-hydrogen) atoms. The van der Waals surface area contributed by atoms with Gasteiger partial charge >= 0.3 is 29.6 Å². The summed E-state index contributed by atoms with van der Waals surface area (Å²) in [5, 5.41) is 1.77. The van der Waals surface area contributed by atoms with Crippen molar-refractivity contribution in [2.45, 2.75) is 74.7 Å². The van der Waals surface area contributed by atoms with Crippen LogP contribution in [0.25, 0.3) is 0 Å². The molecule has 0 amide bonds. The number of rotatable bonds is 13. The van der Waals surface area contributed by atoms with Crippen LogP contribution in [0.15, 0.2) is 0 Å². The number of aromatic nitrogens is 3. The van der Waals surface area contributed by atoms with E-state index in [-0.39, 0.29) is 31.0 Å². The van der Waals surface area contributed by atoms with Crippen LogP contribution in [0.5, 0.6) is 0 Å². The molecule has 166 valence electrons. The Morgan fingerprint density at radius 2 is 1.43 bits per heavy atom. The summed E-state index contributed by atoms with van der Waals surface area (Å²) in [6.07, 6.45) is 13.2. The molecule has 2 saturated heterocycles. The average Bonchev–Trinajstić information content (AvgIpc) is 3.39. The van der Waals surface area contributed by atoms with Crippen molar-refractivity contribution in [1.82, 2.24) is 15.0 Å². The zero-order valence-corrected chi connectivity index (χ0v) is 24.8. The Bertz CT molecular complexity index is 655. The van der Waals surface area contributed by atoms with E-state index in [1.54, 1.807) is 0 Å². The molecular weight excluding hydrogens is 500 g/mol. The van der Waals surface area contributed by atoms with Crippen molar-refractivity contribution < 1.29 is 31.0 Å². The second kappa shape index (κ2) is 16.3. The van der Waals surface area contributed by atoms with Crippen LogP contribution in [0.2, 0.25) is 0 Å². The molecule has 3 heterocycles. The maximum Gasteiger partial charge on any atom is 1.00 e. The van der Waals surface area contributed by atoms with Gasteiger partial charge in [0.1, 0.15) is 0 Å². The SMILES string of the molecule is S=c1nc(N(CCCCCC2CCSS2)CCCCCC2CCSS2)[nH]c(=S)[nH]1.[H-].[Na+]. The van der Waals surface area contributed by atoms with Crippen LogP contribution in [-0.2, 0) is 0 Å². The van der Waals surface area contributed by atoms with Crippen LogP contribution in [-0.4, -0.2) is 50.0 Å². The largest absolute Gasteiger partial charge is 1.00 e. The van der Waals surface area contributed by atoms with Crippen LogP contribution < -0.4 is 34.5 Å². The number of unbranched alkanes of at least 4 members (excludes halogenated alkanes) is 4. The van der Waals surface area contributed by atoms with E-state index in [1.165, 1.54) is 75.7 Å². The monoisotopic (exact) mass is 532 g/mol. The van der Waals surface area contributed by atoms with Gasteiger partial charge in [0.2, 0.25) is 10.7 Å². The van der Waals surface area contributed by atoms with Crippen molar-refractivity contribution in [3.05, 3.63) is 9.54 Å². The average molecular weight is 533 g/mol. The van der Waals surface area contributed by atoms with E-state index >= 15 is 0 Å². The minimum absolute atomic E-state index is 0. The molecule has 1 aromatic rings. The van der Waals surface area contributed by atoms with E-state index in [9.17, 15) is 0 Å². The van der Waals surface area contributed by atoms with E-state index < -0.39 is 0 Å². The maximum atomic E-state index is 5.28. The summed E-state index contributed by atoms with van der Waals surface area (Å²) in [6.45, 7) is 2.05. The quantitative estimate of drug-likeness (QED) is 0.166. The van der Waals surface area contributed by atoms with E-state index in [2.05, 4.69) is 41.4 Å². The van der Waals surface area contributed by atoms with Gasteiger partial charge in [-0.15, -0.1) is 0 Å². The molecule has 0 bridgehead atoms. The number of H-pyrrole nitrogens is 2. The molecule has 0 spiro atoms. The van der Waals surface area contributed by atoms with Crippen LogP contribution >= 0.6 is 67.6 Å². The van der Waals surface area contributed by atoms with Crippen molar-refractivity contribution >= 4 is 73.6 Å². The van der Waals surface area contributed by atoms with Gasteiger partial charge in [-0.25, -0.2) is 0 Å². The second-order valence-electron chi connectivity index (χ2n) is 7.66. The normalized spacial score (nSPS) is 20.9. The fourth-order valence-electron chi connectivity index (χ4n) is 3.69. The van der Waals surface area contributed by atoms with Crippen molar-refractivity contribution in [1.29, 1.82) is 0 Å². The van der Waals surface area contributed by atoms with Crippen molar-refractivity contribution in [2.75, 3.05) is 29.5 Å². The number of aromatic amines is 2. The summed E-state index contributed by atoms with van der Waals surface area (Å²) in [5.74, 6) is 3.51. The number of nitrogens with zero attached hydrogens (tertiary/aromatic N) is 2. The Morgan fingerprint density at radius 3 is 1.90 bits per heavy atom. The van der Waals surface area contributed by atoms with E-state index in [1.807, 2.05) is 21.6 Å². The van der Waals surface area contributed by atoms with Gasteiger partial charge in [0.05, 0.1) is 0 Å². The molecule has 1 aromatic heterocycles. The molecule has 2 aliphatic heterocycles. The summed E-state index contributed by atoms with van der Waals surface area (Å²) >= 11 is 10.5. The van der Waals surface area contributed by atoms with E-state index in [4.69, 9.17) is 24.4 Å². The predicted octanol–water partition coefficient (Wildman–Crippen LogP) is 4.55. The number of anilines is 1. The smallest absolute Gasteiger partial charge is 1.00 e. The van der Waals surface area contributed by atoms with Crippen LogP contribution in [0.1, 0.15) is 65.6 Å². The summed E-state index contributed by atoms with van der Waals surface area (Å²) < 4.78 is 1.04. The van der Waals surface area contributed by atoms with E-state index in [0.29, 0.717) is 9.54 Å². The second-order valence-corrected chi connectivity index (χ2v) is 14.0. The molecule has 0 radical (unpaired) electrons. The van der Waals surface area contributed by atoms with Crippen LogP contribution in [0.4, 0.5) is 5.95 Å². The third-order valence-electron chi connectivity index (χ3n) is 5.32. The van der Waals surface area contributed by atoms with E-state index in [0.717, 1.165) is 29.5 Å². The first-order valence-corrected chi connectivity index (χ1v) is 16.3. The van der Waals surface area contributed by atoms with Gasteiger partial charge in [0, 0.05) is 35.1 Å². The summed E-state index contributed by atoms with van der Waals surface area (Å²) in [4.78, 5) is 13.0. The summed E-state index contributed by atoms with van der Waals surface area (Å²) in [6, 6.07) is 0. The van der Waals surface area contributed by atoms with Gasteiger partial charge in [0.15, 0.2) is 4.77 Å². The minimum atomic E-state index is 0. The van der Waals surface area contributed by atoms with Gasteiger partial charge in [-0.1, -0.05) is 68.9 Å². The Kier molecular flexibility index (Phi) is 15.2. The molecule has 2 fully saturated rings. The topological polar surface area (TPSA) is 47.7 Å². The minimum Gasteiger partial charge on any atom is -1.00 e. The zero-order chi connectivity index (χ0) is 20.3. The molecule has 2 atom stereocenters. The van der Waals surface area contributed by atoms with Gasteiger partial charge in [-0.2, -0.15) is 4.98 Å². The number of hydrogen-bond acceptors (Lipinski definition) is 8. The fourth-order valence-corrected chi connectivity index (χ4v) is 10.2. The van der Waals surface area contributed by atoms with Crippen molar-refractivity contribution in [2.24, 2.45) is 0 Å². The summed E-state index contributed by atoms with van der Waals surface area (Å²) in [7, 11) is 8.27. The van der Waals surface area contributed by atoms with Crippen LogP contribution in [0, 0.1) is 9.54 Å². The van der Waals surface area contributed by atoms with Gasteiger partial charge in [0.25, 0.3) is 0 Å². The molecule has 0 aliphatic carbocycles. The predicted molar refractivity (Wildman–Crippen MR) is 142 cm³/mol. The standard InChI is InChI=1S/C19H32N4S6.Na.H/c24-18-20-17(21-19(25)22-18)23(11-5-1-3-7-15-9-13-26-28-15)12-6-2-4-8-16-10-14-27-29-16;;/h15-16H,1-14H2,(H2,20,21,22,24,25);;/q;+1;-1. The molecule has 3 rings (SSSR count). The molecule has 11 heteroatoms. The third kappa shape index (κ3) is 10.7. The first kappa shape index (κ1) is 27.9. The molecule has 2 unspecified atom stereocenters. The Hall–Kier alpha value is 1.65. The summed E-state index contributed by atoms with van der Waals surface area (Å²) in [5.41, 5.74) is 0. The van der Waals surface area contributed by atoms with Crippen molar-refractivity contribution in [3.8, 4) is 0 Å². The third-order valence-corrected chi connectivity index (χ3v) is 11.7. The molecular formula is C19H33N4NaS6. The van der Waals surface area contributed by atoms with Gasteiger partial charge < -0.3 is 16.3 Å². The zero-order valence-electron chi connectivity index (χ0n) is 18.9. The fraction of sp³-hybridized carbons (Fsp3) is 0.842. The van der Waals surface area contributed by atoms with Crippen LogP contribution in [0.3, 0.4) is 0 Å². The molecule has 4 nitrogen and oxygen atoms in total. The van der Waals surface area contributed by atoms with Gasteiger partial charge in [-0.3, -0.25) is 0 Å². The van der Waals surface area contributed by atoms with Crippen molar-refractivity contribution in [3.63, 3.8) is 0 Å². The molecule has 0 aromatic carbocycles. The Labute approximate surface area is 231 Å². The maximum absolute atomic E-state index is 5.28. The van der Waals surface area contributed by atoms with Gasteiger partial charge in [-0.05, 0) is 63.0 Å². The first-order valence-electron chi connectivity index (χ1n) is 10.7. The first-order chi connectivity index (χ1) is 14.2. The number of nitrogens with one attached hydrogen (secondary N) is 2. The Morgan fingerprint density at radius 1 is 0.867 bits per heavy atom. The molecule has 2 N–H and O–H groups in total. The molecule has 2 aliphatic rings. The number of hydrogen-bond donors (Lipinski definition) is 2. The molecule has 0 saturated carbocycles.